The van der Waals surface area contributed by atoms with Gasteiger partial charge < -0.3 is 15.1 Å². The zero-order valence-electron chi connectivity index (χ0n) is 12.8. The molecule has 1 atom stereocenters. The Morgan fingerprint density at radius 3 is 2.10 bits per heavy atom. The molecule has 0 aromatic carbocycles. The summed E-state index contributed by atoms with van der Waals surface area (Å²) in [7, 11) is 0. The van der Waals surface area contributed by atoms with Crippen molar-refractivity contribution in [2.75, 3.05) is 32.7 Å². The molecule has 0 aromatic rings. The summed E-state index contributed by atoms with van der Waals surface area (Å²) < 4.78 is 0. The molecule has 0 spiro atoms. The molecule has 3 aliphatic rings. The first-order valence-corrected chi connectivity index (χ1v) is 8.51. The van der Waals surface area contributed by atoms with Crippen molar-refractivity contribution in [3.63, 3.8) is 0 Å². The summed E-state index contributed by atoms with van der Waals surface area (Å²) in [4.78, 5) is 16.7. The molecule has 0 radical (unpaired) electrons. The topological polar surface area (TPSA) is 35.6 Å². The molecule has 20 heavy (non-hydrogen) atoms. The average Bonchev–Trinajstić information content (AvgIpc) is 3.02. The van der Waals surface area contributed by atoms with Crippen molar-refractivity contribution in [3.05, 3.63) is 0 Å². The molecule has 3 fully saturated rings. The minimum Gasteiger partial charge on any atom is -0.325 e. The lowest BCUT2D eigenvalue weighted by Crippen LogP contribution is -2.50. The molecule has 1 unspecified atom stereocenters. The molecular formula is C16H29N3O. The van der Waals surface area contributed by atoms with E-state index in [4.69, 9.17) is 0 Å². The Balaban J connectivity index is 1.46. The van der Waals surface area contributed by atoms with Gasteiger partial charge in [-0.3, -0.25) is 0 Å². The molecular weight excluding hydrogens is 250 g/mol. The molecule has 3 aliphatic heterocycles. The zero-order valence-corrected chi connectivity index (χ0v) is 12.8. The summed E-state index contributed by atoms with van der Waals surface area (Å²) >= 11 is 0. The number of urea groups is 1. The monoisotopic (exact) mass is 279 g/mol. The Hall–Kier alpha value is -0.770. The molecule has 0 aliphatic carbocycles. The van der Waals surface area contributed by atoms with E-state index in [1.54, 1.807) is 0 Å². The second-order valence-electron chi connectivity index (χ2n) is 6.98. The quantitative estimate of drug-likeness (QED) is 0.799. The van der Waals surface area contributed by atoms with Crippen LogP contribution in [0.15, 0.2) is 0 Å². The maximum absolute atomic E-state index is 12.5. The van der Waals surface area contributed by atoms with E-state index in [-0.39, 0.29) is 0 Å². The van der Waals surface area contributed by atoms with Crippen molar-refractivity contribution in [1.29, 1.82) is 0 Å². The molecule has 3 heterocycles. The fourth-order valence-electron chi connectivity index (χ4n) is 4.01. The van der Waals surface area contributed by atoms with Gasteiger partial charge in [0.05, 0.1) is 0 Å². The van der Waals surface area contributed by atoms with Crippen LogP contribution in [0.25, 0.3) is 0 Å². The maximum Gasteiger partial charge on any atom is 0.319 e. The van der Waals surface area contributed by atoms with E-state index in [0.717, 1.165) is 44.1 Å². The highest BCUT2D eigenvalue weighted by Crippen LogP contribution is 2.26. The van der Waals surface area contributed by atoms with Gasteiger partial charge in [-0.1, -0.05) is 6.92 Å². The first-order valence-electron chi connectivity index (χ1n) is 8.51. The number of hydrogen-bond donors (Lipinski definition) is 1. The number of piperidine rings is 2. The summed E-state index contributed by atoms with van der Waals surface area (Å²) in [6.45, 7) is 7.34. The van der Waals surface area contributed by atoms with Crippen LogP contribution in [0, 0.1) is 11.8 Å². The third-order valence-corrected chi connectivity index (χ3v) is 5.53. The summed E-state index contributed by atoms with van der Waals surface area (Å²) in [5.41, 5.74) is 0. The highest BCUT2D eigenvalue weighted by molar-refractivity contribution is 5.74. The van der Waals surface area contributed by atoms with Crippen LogP contribution >= 0.6 is 0 Å². The summed E-state index contributed by atoms with van der Waals surface area (Å²) in [6, 6.07) is 1.03. The largest absolute Gasteiger partial charge is 0.325 e. The molecule has 0 saturated carbocycles. The minimum atomic E-state index is 0.301. The van der Waals surface area contributed by atoms with Gasteiger partial charge in [0.1, 0.15) is 0 Å². The number of likely N-dealkylation sites (tertiary alicyclic amines) is 2. The van der Waals surface area contributed by atoms with Crippen LogP contribution in [0.1, 0.15) is 45.4 Å². The van der Waals surface area contributed by atoms with Crippen LogP contribution in [0.5, 0.6) is 0 Å². The number of hydrogen-bond acceptors (Lipinski definition) is 2. The lowest BCUT2D eigenvalue weighted by molar-refractivity contribution is 0.113. The van der Waals surface area contributed by atoms with Crippen LogP contribution in [0.3, 0.4) is 0 Å². The fraction of sp³-hybridized carbons (Fsp3) is 0.938. The highest BCUT2D eigenvalue weighted by atomic mass is 16.2. The van der Waals surface area contributed by atoms with Crippen molar-refractivity contribution >= 4 is 6.03 Å². The van der Waals surface area contributed by atoms with Gasteiger partial charge >= 0.3 is 6.03 Å². The number of carbonyl (C=O) groups is 1. The van der Waals surface area contributed by atoms with Crippen molar-refractivity contribution in [2.24, 2.45) is 11.8 Å². The third-order valence-electron chi connectivity index (χ3n) is 5.53. The van der Waals surface area contributed by atoms with E-state index < -0.39 is 0 Å². The van der Waals surface area contributed by atoms with E-state index in [0.29, 0.717) is 6.03 Å². The van der Waals surface area contributed by atoms with E-state index in [1.165, 1.54) is 45.1 Å². The normalized spacial score (nSPS) is 29.9. The predicted octanol–water partition coefficient (Wildman–Crippen LogP) is 2.30. The van der Waals surface area contributed by atoms with Gasteiger partial charge in [-0.05, 0) is 56.9 Å². The van der Waals surface area contributed by atoms with Crippen LogP contribution < -0.4 is 5.32 Å². The molecule has 0 bridgehead atoms. The average molecular weight is 279 g/mol. The van der Waals surface area contributed by atoms with Gasteiger partial charge in [0.25, 0.3) is 0 Å². The van der Waals surface area contributed by atoms with E-state index >= 15 is 0 Å². The number of nitrogens with zero attached hydrogens (tertiary/aromatic N) is 2. The van der Waals surface area contributed by atoms with Crippen molar-refractivity contribution in [2.45, 2.75) is 51.5 Å². The Kier molecular flexibility index (Phi) is 4.49. The number of amides is 2. The lowest BCUT2D eigenvalue weighted by atomic mass is 9.88. The molecule has 1 N–H and O–H groups in total. The van der Waals surface area contributed by atoms with Gasteiger partial charge in [-0.15, -0.1) is 0 Å². The second kappa shape index (κ2) is 6.33. The van der Waals surface area contributed by atoms with Gasteiger partial charge in [0.15, 0.2) is 0 Å². The van der Waals surface area contributed by atoms with E-state index in [2.05, 4.69) is 22.0 Å². The summed E-state index contributed by atoms with van der Waals surface area (Å²) in [5.74, 6) is 1.58. The SMILES string of the molecule is CC1CCN(C(=O)N2CCC(C3CCCN3)CC2)CC1. The summed E-state index contributed by atoms with van der Waals surface area (Å²) in [6.07, 6.45) is 7.39. The minimum absolute atomic E-state index is 0.301. The van der Waals surface area contributed by atoms with Crippen LogP contribution in [0.2, 0.25) is 0 Å². The Labute approximate surface area is 122 Å². The lowest BCUT2D eigenvalue weighted by Gasteiger charge is -2.39. The van der Waals surface area contributed by atoms with Crippen molar-refractivity contribution in [1.82, 2.24) is 15.1 Å². The molecule has 0 aromatic heterocycles. The number of rotatable bonds is 1. The molecule has 3 saturated heterocycles. The van der Waals surface area contributed by atoms with E-state index in [1.807, 2.05) is 0 Å². The predicted molar refractivity (Wildman–Crippen MR) is 80.7 cm³/mol. The van der Waals surface area contributed by atoms with Gasteiger partial charge in [-0.2, -0.15) is 0 Å². The second-order valence-corrected chi connectivity index (χ2v) is 6.98. The number of carbonyl (C=O) groups excluding carboxylic acids is 1. The van der Waals surface area contributed by atoms with Gasteiger partial charge in [-0.25, -0.2) is 4.79 Å². The zero-order chi connectivity index (χ0) is 13.9. The Morgan fingerprint density at radius 2 is 1.55 bits per heavy atom. The highest BCUT2D eigenvalue weighted by Gasteiger charge is 2.32. The van der Waals surface area contributed by atoms with Gasteiger partial charge in [0, 0.05) is 32.2 Å². The van der Waals surface area contributed by atoms with Gasteiger partial charge in [0.2, 0.25) is 0 Å². The Morgan fingerprint density at radius 1 is 0.950 bits per heavy atom. The van der Waals surface area contributed by atoms with E-state index in [9.17, 15) is 4.79 Å². The standard InChI is InChI=1S/C16H29N3O/c1-13-4-9-18(10-5-13)16(20)19-11-6-14(7-12-19)15-3-2-8-17-15/h13-15,17H,2-12H2,1H3. The first kappa shape index (κ1) is 14.2. The van der Waals surface area contributed by atoms with Crippen molar-refractivity contribution in [3.8, 4) is 0 Å². The van der Waals surface area contributed by atoms with Crippen LogP contribution in [0.4, 0.5) is 4.79 Å². The maximum atomic E-state index is 12.5. The molecule has 4 heteroatoms. The van der Waals surface area contributed by atoms with Crippen LogP contribution in [-0.4, -0.2) is 54.6 Å². The third kappa shape index (κ3) is 3.11. The van der Waals surface area contributed by atoms with Crippen LogP contribution in [-0.2, 0) is 0 Å². The fourth-order valence-corrected chi connectivity index (χ4v) is 4.01. The Bertz CT molecular complexity index is 325. The number of nitrogens with one attached hydrogen (secondary N) is 1. The molecule has 2 amide bonds. The molecule has 3 rings (SSSR count). The molecule has 114 valence electrons. The van der Waals surface area contributed by atoms with Crippen molar-refractivity contribution < 1.29 is 4.79 Å². The summed E-state index contributed by atoms with van der Waals surface area (Å²) in [5, 5.41) is 3.62. The molecule has 4 nitrogen and oxygen atoms in total. The smallest absolute Gasteiger partial charge is 0.319 e. The first-order chi connectivity index (χ1) is 9.74.